The van der Waals surface area contributed by atoms with Crippen LogP contribution in [0.2, 0.25) is 0 Å². The van der Waals surface area contributed by atoms with E-state index < -0.39 is 15.3 Å². The van der Waals surface area contributed by atoms with Crippen molar-refractivity contribution >= 4 is 10.0 Å². The summed E-state index contributed by atoms with van der Waals surface area (Å²) >= 11 is 0. The van der Waals surface area contributed by atoms with Gasteiger partial charge in [0.05, 0.1) is 12.4 Å². The molecule has 0 saturated carbocycles. The average molecular weight is 269 g/mol. The van der Waals surface area contributed by atoms with Gasteiger partial charge in [0.15, 0.2) is 0 Å². The first-order chi connectivity index (χ1) is 8.47. The summed E-state index contributed by atoms with van der Waals surface area (Å²) in [6.07, 6.45) is 3.24. The Morgan fingerprint density at radius 3 is 2.44 bits per heavy atom. The fraction of sp³-hybridized carbons (Fsp3) is 0.385. The highest BCUT2D eigenvalue weighted by Crippen LogP contribution is 2.17. The number of ether oxygens (including phenoxy) is 1. The lowest BCUT2D eigenvalue weighted by molar-refractivity contribution is 0.414. The fourth-order valence-electron chi connectivity index (χ4n) is 1.71. The highest BCUT2D eigenvalue weighted by atomic mass is 32.2. The minimum Gasteiger partial charge on any atom is -0.497 e. The fourth-order valence-corrected chi connectivity index (χ4v) is 2.60. The van der Waals surface area contributed by atoms with E-state index in [-0.39, 0.29) is 0 Å². The second kappa shape index (κ2) is 6.56. The van der Waals surface area contributed by atoms with Gasteiger partial charge < -0.3 is 4.74 Å². The first-order valence-electron chi connectivity index (χ1n) is 5.73. The number of primary sulfonamides is 1. The Morgan fingerprint density at radius 1 is 1.39 bits per heavy atom. The monoisotopic (exact) mass is 269 g/mol. The minimum atomic E-state index is -3.53. The second-order valence-corrected chi connectivity index (χ2v) is 5.97. The van der Waals surface area contributed by atoms with Crippen LogP contribution >= 0.6 is 0 Å². The van der Waals surface area contributed by atoms with Gasteiger partial charge in [-0.25, -0.2) is 13.6 Å². The highest BCUT2D eigenvalue weighted by molar-refractivity contribution is 7.89. The molecule has 18 heavy (non-hydrogen) atoms. The molecule has 0 fully saturated rings. The van der Waals surface area contributed by atoms with Crippen LogP contribution in [0.5, 0.6) is 5.75 Å². The van der Waals surface area contributed by atoms with Crippen LogP contribution in [0.15, 0.2) is 36.9 Å². The van der Waals surface area contributed by atoms with Crippen LogP contribution in [-0.4, -0.2) is 20.8 Å². The molecule has 0 aliphatic rings. The van der Waals surface area contributed by atoms with Crippen LogP contribution in [0.1, 0.15) is 18.4 Å². The Labute approximate surface area is 109 Å². The topological polar surface area (TPSA) is 69.4 Å². The van der Waals surface area contributed by atoms with E-state index in [1.54, 1.807) is 13.2 Å². The van der Waals surface area contributed by atoms with Gasteiger partial charge in [-0.05, 0) is 37.0 Å². The Kier molecular flexibility index (Phi) is 5.37. The summed E-state index contributed by atoms with van der Waals surface area (Å²) in [4.78, 5) is 0. The van der Waals surface area contributed by atoms with Crippen molar-refractivity contribution in [2.75, 3.05) is 7.11 Å². The number of nitrogens with two attached hydrogens (primary N) is 1. The summed E-state index contributed by atoms with van der Waals surface area (Å²) in [5, 5.41) is 4.67. The molecule has 1 aromatic carbocycles. The number of hydrogen-bond acceptors (Lipinski definition) is 3. The number of allylic oxidation sites excluding steroid dienone is 1. The summed E-state index contributed by atoms with van der Waals surface area (Å²) < 4.78 is 28.0. The van der Waals surface area contributed by atoms with E-state index in [1.807, 2.05) is 24.3 Å². The van der Waals surface area contributed by atoms with Crippen LogP contribution in [0, 0.1) is 0 Å². The van der Waals surface area contributed by atoms with E-state index >= 15 is 0 Å². The van der Waals surface area contributed by atoms with Gasteiger partial charge in [-0.15, -0.1) is 6.58 Å². The Bertz CT molecular complexity index is 479. The normalized spacial score (nSPS) is 13.0. The van der Waals surface area contributed by atoms with Gasteiger partial charge in [0.25, 0.3) is 0 Å². The lowest BCUT2D eigenvalue weighted by atomic mass is 10.1. The van der Waals surface area contributed by atoms with Crippen LogP contribution < -0.4 is 9.88 Å². The predicted molar refractivity (Wildman–Crippen MR) is 73.0 cm³/mol. The number of benzene rings is 1. The molecule has 0 bridgehead atoms. The van der Waals surface area contributed by atoms with Gasteiger partial charge in [-0.3, -0.25) is 0 Å². The van der Waals surface area contributed by atoms with Crippen molar-refractivity contribution in [3.63, 3.8) is 0 Å². The highest BCUT2D eigenvalue weighted by Gasteiger charge is 2.20. The smallest absolute Gasteiger partial charge is 0.212 e. The number of hydrogen-bond donors (Lipinski definition) is 1. The molecule has 5 heteroatoms. The van der Waals surface area contributed by atoms with Crippen LogP contribution in [-0.2, 0) is 16.4 Å². The Balaban J connectivity index is 2.78. The summed E-state index contributed by atoms with van der Waals surface area (Å²) in [6.45, 7) is 3.59. The van der Waals surface area contributed by atoms with E-state index in [1.165, 1.54) is 0 Å². The van der Waals surface area contributed by atoms with Crippen molar-refractivity contribution in [2.24, 2.45) is 5.14 Å². The lowest BCUT2D eigenvalue weighted by Crippen LogP contribution is -2.30. The molecular weight excluding hydrogens is 250 g/mol. The molecular formula is C13H19NO3S. The molecule has 0 radical (unpaired) electrons. The molecule has 0 amide bonds. The maximum absolute atomic E-state index is 11.5. The van der Waals surface area contributed by atoms with Crippen molar-refractivity contribution in [3.8, 4) is 5.75 Å². The summed E-state index contributed by atoms with van der Waals surface area (Å²) in [6, 6.07) is 7.32. The molecule has 0 aromatic heterocycles. The first-order valence-corrected chi connectivity index (χ1v) is 7.33. The molecule has 1 atom stereocenters. The maximum Gasteiger partial charge on any atom is 0.212 e. The lowest BCUT2D eigenvalue weighted by Gasteiger charge is -2.14. The predicted octanol–water partition coefficient (Wildman–Crippen LogP) is 1.86. The van der Waals surface area contributed by atoms with Gasteiger partial charge in [-0.1, -0.05) is 18.2 Å². The van der Waals surface area contributed by atoms with Gasteiger partial charge >= 0.3 is 0 Å². The third-order valence-corrected chi connectivity index (χ3v) is 4.11. The molecule has 2 N–H and O–H groups in total. The van der Waals surface area contributed by atoms with Crippen molar-refractivity contribution in [1.29, 1.82) is 0 Å². The van der Waals surface area contributed by atoms with Gasteiger partial charge in [0.2, 0.25) is 10.0 Å². The number of sulfonamides is 1. The SMILES string of the molecule is C=CCCC(Cc1ccc(OC)cc1)S(N)(=O)=O. The van der Waals surface area contributed by atoms with Crippen LogP contribution in [0.4, 0.5) is 0 Å². The number of rotatable bonds is 7. The Morgan fingerprint density at radius 2 is 2.00 bits per heavy atom. The van der Waals surface area contributed by atoms with Gasteiger partial charge in [0.1, 0.15) is 5.75 Å². The van der Waals surface area contributed by atoms with Crippen molar-refractivity contribution in [3.05, 3.63) is 42.5 Å². The average Bonchev–Trinajstić information content (AvgIpc) is 2.34. The molecule has 4 nitrogen and oxygen atoms in total. The van der Waals surface area contributed by atoms with E-state index in [4.69, 9.17) is 9.88 Å². The molecule has 0 aliphatic heterocycles. The minimum absolute atomic E-state index is 0.413. The zero-order chi connectivity index (χ0) is 13.6. The molecule has 0 spiro atoms. The van der Waals surface area contributed by atoms with Crippen molar-refractivity contribution < 1.29 is 13.2 Å². The molecule has 1 aromatic rings. The van der Waals surface area contributed by atoms with Gasteiger partial charge in [-0.2, -0.15) is 0 Å². The summed E-state index contributed by atoms with van der Waals surface area (Å²) in [7, 11) is -1.94. The second-order valence-electron chi connectivity index (χ2n) is 4.13. The number of methoxy groups -OCH3 is 1. The summed E-state index contributed by atoms with van der Waals surface area (Å²) in [5.41, 5.74) is 0.930. The molecule has 1 unspecified atom stereocenters. The largest absolute Gasteiger partial charge is 0.497 e. The molecule has 0 aliphatic carbocycles. The van der Waals surface area contributed by atoms with Crippen LogP contribution in [0.3, 0.4) is 0 Å². The van der Waals surface area contributed by atoms with E-state index in [0.717, 1.165) is 11.3 Å². The van der Waals surface area contributed by atoms with Crippen molar-refractivity contribution in [2.45, 2.75) is 24.5 Å². The standard InChI is InChI=1S/C13H19NO3S/c1-3-4-5-13(18(14,15)16)10-11-6-8-12(17-2)9-7-11/h3,6-9,13H,1,4-5,10H2,2H3,(H2,14,15,16). The van der Waals surface area contributed by atoms with Gasteiger partial charge in [0, 0.05) is 0 Å². The maximum atomic E-state index is 11.5. The molecule has 100 valence electrons. The van der Waals surface area contributed by atoms with E-state index in [2.05, 4.69) is 6.58 Å². The molecule has 0 saturated heterocycles. The molecule has 0 heterocycles. The van der Waals surface area contributed by atoms with Crippen LogP contribution in [0.25, 0.3) is 0 Å². The third kappa shape index (κ3) is 4.50. The third-order valence-electron chi connectivity index (χ3n) is 2.78. The van der Waals surface area contributed by atoms with E-state index in [9.17, 15) is 8.42 Å². The Hall–Kier alpha value is -1.33. The zero-order valence-electron chi connectivity index (χ0n) is 10.5. The first kappa shape index (κ1) is 14.7. The molecule has 1 rings (SSSR count). The van der Waals surface area contributed by atoms with Crippen molar-refractivity contribution in [1.82, 2.24) is 0 Å². The summed E-state index contributed by atoms with van der Waals surface area (Å²) in [5.74, 6) is 0.747. The zero-order valence-corrected chi connectivity index (χ0v) is 11.3. The van der Waals surface area contributed by atoms with E-state index in [0.29, 0.717) is 19.3 Å². The quantitative estimate of drug-likeness (QED) is 0.768.